The Bertz CT molecular complexity index is 2300. The van der Waals surface area contributed by atoms with Gasteiger partial charge in [-0.15, -0.1) is 16.3 Å². The van der Waals surface area contributed by atoms with E-state index in [0.717, 1.165) is 6.07 Å². The zero-order chi connectivity index (χ0) is 47.5. The van der Waals surface area contributed by atoms with Crippen LogP contribution in [0.5, 0.6) is 0 Å². The van der Waals surface area contributed by atoms with Crippen molar-refractivity contribution in [2.45, 2.75) is 0 Å². The van der Waals surface area contributed by atoms with Crippen LogP contribution in [0, 0.1) is 72.1 Å². The summed E-state index contributed by atoms with van der Waals surface area (Å²) < 4.78 is 98.3. The van der Waals surface area contributed by atoms with Crippen molar-refractivity contribution in [1.82, 2.24) is 0 Å². The van der Waals surface area contributed by atoms with Crippen LogP contribution in [0.2, 0.25) is 0 Å². The van der Waals surface area contributed by atoms with Crippen molar-refractivity contribution in [3.63, 3.8) is 0 Å². The minimum atomic E-state index is -4.94. The summed E-state index contributed by atoms with van der Waals surface area (Å²) >= 11 is -1.39. The molecule has 0 saturated heterocycles. The van der Waals surface area contributed by atoms with Crippen molar-refractivity contribution < 1.29 is 95.6 Å². The molecule has 0 amide bonds. The predicted octanol–water partition coefficient (Wildman–Crippen LogP) is 6.10. The quantitative estimate of drug-likeness (QED) is 0.0482. The summed E-state index contributed by atoms with van der Waals surface area (Å²) in [6, 6.07) is 75.1. The molecule has 0 aliphatic rings. The number of halogens is 6. The Labute approximate surface area is 429 Å². The van der Waals surface area contributed by atoms with Gasteiger partial charge < -0.3 is 0 Å². The molecule has 15 heteroatoms. The van der Waals surface area contributed by atoms with Crippen LogP contribution >= 0.6 is 14.5 Å². The van der Waals surface area contributed by atoms with Crippen molar-refractivity contribution in [3.8, 4) is 0 Å². The molecule has 0 spiro atoms. The Morgan fingerprint density at radius 1 is 0.343 bits per heavy atom. The molecule has 4 nitrogen and oxygen atoms in total. The zero-order valence-electron chi connectivity index (χ0n) is 35.4. The molecule has 0 aliphatic carbocycles. The Kier molecular flexibility index (Phi) is 26.2. The molecule has 0 aliphatic heterocycles. The van der Waals surface area contributed by atoms with Gasteiger partial charge in [0, 0.05) is 66.0 Å². The number of hydrogen-bond donors (Lipinski definition) is 0. The van der Waals surface area contributed by atoms with Gasteiger partial charge in [0.05, 0.1) is 29.1 Å². The molecule has 0 heterocycles. The van der Waals surface area contributed by atoms with E-state index < -0.39 is 68.5 Å². The summed E-state index contributed by atoms with van der Waals surface area (Å²) in [6.45, 7) is 17.2. The van der Waals surface area contributed by atoms with Gasteiger partial charge in [-0.2, -0.15) is 41.2 Å². The van der Waals surface area contributed by atoms with Crippen LogP contribution in [-0.4, -0.2) is 14.7 Å². The van der Waals surface area contributed by atoms with Crippen LogP contribution in [0.4, 0.5) is 22.0 Å². The molecular formula is C52H43AsAu2ClF5O4P2-4. The molecule has 358 valence electrons. The van der Waals surface area contributed by atoms with Gasteiger partial charge in [0.15, 0.2) is 0 Å². The standard InChI is InChI=1S/C18H15As.2C14H14P.C6F5.2Au.ClHO4/c1-4-10-16(11-5-1)19(17-12-6-2-7-13-17)18-14-8-3-9-15-18;2*1-15(2,13-9-5-3-6-10-13)14-11-7-4-8-12-14;7-2-1-3(8)5(10)6(11)4(2)9;;;2-1(3,4)5/h1-15H;2*3-12H,1-2H2;;;;(H,2,3,4,5)/q;3*-1;;;/p-1. The first-order valence-electron chi connectivity index (χ1n) is 19.3. The molecule has 0 bridgehead atoms. The molecular weight excluding hydrogens is 1350 g/mol. The first kappa shape index (κ1) is 59.6. The molecule has 0 atom stereocenters. The van der Waals surface area contributed by atoms with Crippen molar-refractivity contribution in [2.75, 3.05) is 0 Å². The van der Waals surface area contributed by atoms with Crippen LogP contribution in [-0.2, 0) is 44.8 Å². The van der Waals surface area contributed by atoms with Gasteiger partial charge in [-0.25, -0.2) is 31.8 Å². The minimum absolute atomic E-state index is 0. The van der Waals surface area contributed by atoms with Gasteiger partial charge in [0.2, 0.25) is 0 Å². The van der Waals surface area contributed by atoms with Crippen LogP contribution < -0.4 is 52.9 Å². The van der Waals surface area contributed by atoms with Gasteiger partial charge in [-0.1, -0.05) is 72.8 Å². The Morgan fingerprint density at radius 2 is 0.522 bits per heavy atom. The predicted molar refractivity (Wildman–Crippen MR) is 249 cm³/mol. The number of hydrogen-bond acceptors (Lipinski definition) is 4. The van der Waals surface area contributed by atoms with Crippen LogP contribution in [0.15, 0.2) is 212 Å². The second-order valence-corrected chi connectivity index (χ2v) is 25.0. The van der Waals surface area contributed by atoms with E-state index in [1.54, 1.807) is 0 Å². The van der Waals surface area contributed by atoms with Gasteiger partial charge >= 0.3 is 119 Å². The molecule has 0 unspecified atom stereocenters. The van der Waals surface area contributed by atoms with Crippen LogP contribution in [0.1, 0.15) is 0 Å². The summed E-state index contributed by atoms with van der Waals surface area (Å²) in [6.07, 6.45) is 0. The van der Waals surface area contributed by atoms with E-state index in [4.69, 9.17) is 18.6 Å². The normalized spacial score (nSPS) is 10.7. The topological polar surface area (TPSA) is 92.2 Å². The van der Waals surface area contributed by atoms with Gasteiger partial charge in [0.25, 0.3) is 0 Å². The van der Waals surface area contributed by atoms with E-state index in [1.807, 2.05) is 72.8 Å². The summed E-state index contributed by atoms with van der Waals surface area (Å²) in [7, 11) is -8.24. The van der Waals surface area contributed by atoms with Crippen molar-refractivity contribution >= 4 is 63.4 Å². The fourth-order valence-corrected chi connectivity index (χ4v) is 14.2. The molecule has 2 radical (unpaired) electrons. The van der Waals surface area contributed by atoms with E-state index in [1.165, 1.54) is 34.3 Å². The summed E-state index contributed by atoms with van der Waals surface area (Å²) in [5.41, 5.74) is 0. The van der Waals surface area contributed by atoms with E-state index in [9.17, 15) is 22.0 Å². The van der Waals surface area contributed by atoms with E-state index in [0.29, 0.717) is 0 Å². The molecule has 0 saturated carbocycles. The number of rotatable bonds is 7. The first-order chi connectivity index (χ1) is 30.9. The average molecular weight is 1390 g/mol. The summed E-state index contributed by atoms with van der Waals surface area (Å²) in [5, 5.41) is 4.99. The van der Waals surface area contributed by atoms with E-state index >= 15 is 0 Å². The fraction of sp³-hybridized carbons (Fsp3) is 0. The maximum atomic E-state index is 12.0. The van der Waals surface area contributed by atoms with Gasteiger partial charge in [-0.05, 0) is 48.5 Å². The molecule has 0 fully saturated rings. The number of benzene rings is 8. The molecule has 67 heavy (non-hydrogen) atoms. The average Bonchev–Trinajstić information content (AvgIpc) is 3.33. The third kappa shape index (κ3) is 19.4. The molecule has 8 aromatic carbocycles. The molecule has 8 rings (SSSR count). The Hall–Kier alpha value is -3.56. The second-order valence-electron chi connectivity index (χ2n) is 13.7. The Morgan fingerprint density at radius 3 is 0.716 bits per heavy atom. The molecule has 8 aromatic rings. The van der Waals surface area contributed by atoms with Crippen molar-refractivity contribution in [1.29, 1.82) is 0 Å². The summed E-state index contributed by atoms with van der Waals surface area (Å²) in [5.74, 6) is -10.0. The maximum absolute atomic E-state index is 12.0. The summed E-state index contributed by atoms with van der Waals surface area (Å²) in [4.78, 5) is 0. The van der Waals surface area contributed by atoms with E-state index in [2.05, 4.69) is 166 Å². The first-order valence-corrected chi connectivity index (χ1v) is 27.6. The van der Waals surface area contributed by atoms with Crippen LogP contribution in [0.3, 0.4) is 0 Å². The van der Waals surface area contributed by atoms with Gasteiger partial charge in [0.1, 0.15) is 0 Å². The van der Waals surface area contributed by atoms with Crippen molar-refractivity contribution in [2.24, 2.45) is 0 Å². The molecule has 0 aromatic heterocycles. The van der Waals surface area contributed by atoms with Crippen LogP contribution in [0.25, 0.3) is 0 Å². The van der Waals surface area contributed by atoms with E-state index in [-0.39, 0.29) is 44.8 Å². The second kappa shape index (κ2) is 29.5. The fourth-order valence-electron chi connectivity index (χ4n) is 5.83. The third-order valence-corrected chi connectivity index (χ3v) is 19.3. The van der Waals surface area contributed by atoms with Crippen molar-refractivity contribution in [3.05, 3.63) is 274 Å². The molecule has 0 N–H and O–H groups in total. The Balaban J connectivity index is 0.000000298. The van der Waals surface area contributed by atoms with Gasteiger partial charge in [-0.3, -0.25) is 8.78 Å². The zero-order valence-corrected chi connectivity index (χ0v) is 44.1. The SMILES string of the molecule is Fc1[c-]c(F)c(F)c(F)c1F.[Au].[Au].[CH2-][P+]([CH2-])(c1ccccc1)c1ccccc1.[CH2-][P+]([CH2-])(c1ccccc1)c1ccccc1.[O-][Cl+3]([O-])([O-])[O-].c1ccc([As](c2ccccc2)c2ccccc2)cc1. The monoisotopic (exact) mass is 1390 g/mol. The third-order valence-electron chi connectivity index (χ3n) is 9.04.